The van der Waals surface area contributed by atoms with E-state index >= 15 is 0 Å². The van der Waals surface area contributed by atoms with Crippen LogP contribution in [0.3, 0.4) is 0 Å². The highest BCUT2D eigenvalue weighted by molar-refractivity contribution is 7.80. The Morgan fingerprint density at radius 1 is 0.955 bits per heavy atom. The summed E-state index contributed by atoms with van der Waals surface area (Å²) in [6.45, 7) is 2.17. The first-order chi connectivity index (χ1) is 10.6. The second-order valence-corrected chi connectivity index (χ2v) is 5.84. The van der Waals surface area contributed by atoms with Crippen molar-refractivity contribution in [2.45, 2.75) is 19.3 Å². The minimum atomic E-state index is -0.464. The lowest BCUT2D eigenvalue weighted by atomic mass is 10.1. The minimum Gasteiger partial charge on any atom is -0.372 e. The predicted molar refractivity (Wildman–Crippen MR) is 89.4 cm³/mol. The highest BCUT2D eigenvalue weighted by atomic mass is 32.1. The molecule has 0 radical (unpaired) electrons. The molecule has 5 nitrogen and oxygen atoms in total. The Morgan fingerprint density at radius 3 is 2.14 bits per heavy atom. The van der Waals surface area contributed by atoms with E-state index in [0.29, 0.717) is 0 Å². The van der Waals surface area contributed by atoms with Gasteiger partial charge in [0.15, 0.2) is 5.11 Å². The molecule has 2 amide bonds. The Balaban J connectivity index is 1.78. The third kappa shape index (κ3) is 3.17. The number of benzene rings is 1. The number of hydrogen-bond acceptors (Lipinski definition) is 4. The quantitative estimate of drug-likeness (QED) is 0.494. The van der Waals surface area contributed by atoms with E-state index in [2.05, 4.69) is 15.5 Å². The molecule has 2 heterocycles. The molecule has 0 unspecified atom stereocenters. The Hall–Kier alpha value is -2.21. The fraction of sp³-hybridized carbons (Fsp3) is 0.312. The van der Waals surface area contributed by atoms with Crippen LogP contribution < -0.4 is 15.5 Å². The van der Waals surface area contributed by atoms with Gasteiger partial charge in [0, 0.05) is 18.8 Å². The zero-order valence-electron chi connectivity index (χ0n) is 12.1. The number of nitrogens with zero attached hydrogens (tertiary/aromatic N) is 1. The SMILES string of the molecule is O=C1NC(=S)NC(=O)C1=Cc1ccc(N2CCCCC2)cc1. The summed E-state index contributed by atoms with van der Waals surface area (Å²) in [4.78, 5) is 26.0. The van der Waals surface area contributed by atoms with Gasteiger partial charge in [-0.25, -0.2) is 0 Å². The Labute approximate surface area is 134 Å². The number of thiocarbonyl (C=S) groups is 1. The smallest absolute Gasteiger partial charge is 0.263 e. The second kappa shape index (κ2) is 6.27. The maximum atomic E-state index is 11.8. The van der Waals surface area contributed by atoms with Crippen molar-refractivity contribution in [1.82, 2.24) is 10.6 Å². The van der Waals surface area contributed by atoms with E-state index in [1.54, 1.807) is 6.08 Å². The van der Waals surface area contributed by atoms with Gasteiger partial charge in [0.05, 0.1) is 0 Å². The molecule has 0 atom stereocenters. The highest BCUT2D eigenvalue weighted by Crippen LogP contribution is 2.21. The molecular weight excluding hydrogens is 298 g/mol. The molecule has 2 fully saturated rings. The summed E-state index contributed by atoms with van der Waals surface area (Å²) in [6.07, 6.45) is 5.33. The van der Waals surface area contributed by atoms with Crippen LogP contribution in [0.15, 0.2) is 29.8 Å². The molecule has 1 aromatic carbocycles. The normalized spacial score (nSPS) is 18.8. The standard InChI is InChI=1S/C16H17N3O2S/c20-14-13(15(21)18-16(22)17-14)10-11-4-6-12(7-5-11)19-8-2-1-3-9-19/h4-7,10H,1-3,8-9H2,(H2,17,18,20,21,22). The summed E-state index contributed by atoms with van der Waals surface area (Å²) < 4.78 is 0. The van der Waals surface area contributed by atoms with Crippen molar-refractivity contribution in [3.8, 4) is 0 Å². The third-order valence-electron chi connectivity index (χ3n) is 3.87. The molecule has 2 aliphatic rings. The predicted octanol–water partition coefficient (Wildman–Crippen LogP) is 1.59. The molecule has 2 aliphatic heterocycles. The van der Waals surface area contributed by atoms with E-state index in [1.165, 1.54) is 24.9 Å². The summed E-state index contributed by atoms with van der Waals surface area (Å²) in [6, 6.07) is 7.90. The minimum absolute atomic E-state index is 0.0487. The fourth-order valence-electron chi connectivity index (χ4n) is 2.71. The van der Waals surface area contributed by atoms with Crippen molar-refractivity contribution >= 4 is 40.9 Å². The van der Waals surface area contributed by atoms with Gasteiger partial charge in [0.1, 0.15) is 5.57 Å². The van der Waals surface area contributed by atoms with Gasteiger partial charge in [0.2, 0.25) is 0 Å². The maximum Gasteiger partial charge on any atom is 0.263 e. The van der Waals surface area contributed by atoms with Gasteiger partial charge in [0.25, 0.3) is 11.8 Å². The molecule has 6 heteroatoms. The first kappa shape index (κ1) is 14.7. The average molecular weight is 315 g/mol. The molecule has 0 aliphatic carbocycles. The molecule has 114 valence electrons. The lowest BCUT2D eigenvalue weighted by Gasteiger charge is -2.28. The van der Waals surface area contributed by atoms with Crippen LogP contribution in [0.5, 0.6) is 0 Å². The van der Waals surface area contributed by atoms with Gasteiger partial charge >= 0.3 is 0 Å². The van der Waals surface area contributed by atoms with Gasteiger partial charge in [-0.15, -0.1) is 0 Å². The summed E-state index contributed by atoms with van der Waals surface area (Å²) in [5.74, 6) is -0.928. The van der Waals surface area contributed by atoms with Crippen molar-refractivity contribution in [2.75, 3.05) is 18.0 Å². The number of nitrogens with one attached hydrogen (secondary N) is 2. The van der Waals surface area contributed by atoms with E-state index in [-0.39, 0.29) is 10.7 Å². The van der Waals surface area contributed by atoms with E-state index in [1.807, 2.05) is 24.3 Å². The maximum absolute atomic E-state index is 11.8. The van der Waals surface area contributed by atoms with Crippen LogP contribution in [0.4, 0.5) is 5.69 Å². The Morgan fingerprint density at radius 2 is 1.55 bits per heavy atom. The molecule has 0 aromatic heterocycles. The van der Waals surface area contributed by atoms with E-state index in [9.17, 15) is 9.59 Å². The Bertz CT molecular complexity index is 624. The lowest BCUT2D eigenvalue weighted by molar-refractivity contribution is -0.123. The first-order valence-electron chi connectivity index (χ1n) is 7.37. The van der Waals surface area contributed by atoms with Crippen LogP contribution >= 0.6 is 12.2 Å². The summed E-state index contributed by atoms with van der Waals surface area (Å²) in [5.41, 5.74) is 2.06. The van der Waals surface area contributed by atoms with Crippen molar-refractivity contribution in [1.29, 1.82) is 0 Å². The zero-order valence-corrected chi connectivity index (χ0v) is 12.9. The number of rotatable bonds is 2. The fourth-order valence-corrected chi connectivity index (χ4v) is 2.89. The summed E-state index contributed by atoms with van der Waals surface area (Å²) in [7, 11) is 0. The molecule has 22 heavy (non-hydrogen) atoms. The van der Waals surface area contributed by atoms with Gasteiger partial charge in [-0.3, -0.25) is 20.2 Å². The molecular formula is C16H17N3O2S. The zero-order chi connectivity index (χ0) is 15.5. The van der Waals surface area contributed by atoms with Crippen molar-refractivity contribution < 1.29 is 9.59 Å². The highest BCUT2D eigenvalue weighted by Gasteiger charge is 2.25. The molecule has 0 saturated carbocycles. The molecule has 3 rings (SSSR count). The molecule has 1 aromatic rings. The van der Waals surface area contributed by atoms with Gasteiger partial charge in [-0.05, 0) is 55.3 Å². The number of amides is 2. The van der Waals surface area contributed by atoms with Crippen LogP contribution in [0.2, 0.25) is 0 Å². The summed E-state index contributed by atoms with van der Waals surface area (Å²) in [5, 5.41) is 4.90. The van der Waals surface area contributed by atoms with E-state index < -0.39 is 11.8 Å². The van der Waals surface area contributed by atoms with Gasteiger partial charge < -0.3 is 4.90 Å². The lowest BCUT2D eigenvalue weighted by Crippen LogP contribution is -2.51. The van der Waals surface area contributed by atoms with Gasteiger partial charge in [-0.2, -0.15) is 0 Å². The molecule has 2 N–H and O–H groups in total. The largest absolute Gasteiger partial charge is 0.372 e. The summed E-state index contributed by atoms with van der Waals surface area (Å²) >= 11 is 4.77. The van der Waals surface area contributed by atoms with Crippen LogP contribution in [-0.4, -0.2) is 30.0 Å². The van der Waals surface area contributed by atoms with Crippen molar-refractivity contribution in [3.63, 3.8) is 0 Å². The molecule has 0 spiro atoms. The Kier molecular flexibility index (Phi) is 4.20. The third-order valence-corrected chi connectivity index (χ3v) is 4.07. The second-order valence-electron chi connectivity index (χ2n) is 5.43. The number of hydrogen-bond donors (Lipinski definition) is 2. The van der Waals surface area contributed by atoms with Crippen LogP contribution in [0.1, 0.15) is 24.8 Å². The van der Waals surface area contributed by atoms with Crippen molar-refractivity contribution in [3.05, 3.63) is 35.4 Å². The van der Waals surface area contributed by atoms with Gasteiger partial charge in [-0.1, -0.05) is 12.1 Å². The number of carbonyl (C=O) groups is 2. The average Bonchev–Trinajstić information content (AvgIpc) is 2.52. The number of carbonyl (C=O) groups excluding carboxylic acids is 2. The first-order valence-corrected chi connectivity index (χ1v) is 7.78. The van der Waals surface area contributed by atoms with E-state index in [0.717, 1.165) is 18.7 Å². The molecule has 2 saturated heterocycles. The van der Waals surface area contributed by atoms with Crippen LogP contribution in [0.25, 0.3) is 6.08 Å². The van der Waals surface area contributed by atoms with Crippen LogP contribution in [-0.2, 0) is 9.59 Å². The van der Waals surface area contributed by atoms with E-state index in [4.69, 9.17) is 12.2 Å². The topological polar surface area (TPSA) is 61.4 Å². The van der Waals surface area contributed by atoms with Crippen molar-refractivity contribution in [2.24, 2.45) is 0 Å². The van der Waals surface area contributed by atoms with Crippen LogP contribution in [0, 0.1) is 0 Å². The molecule has 0 bridgehead atoms. The monoisotopic (exact) mass is 315 g/mol. The number of piperidine rings is 1. The number of anilines is 1.